The quantitative estimate of drug-likeness (QED) is 0.279. The van der Waals surface area contributed by atoms with E-state index in [9.17, 15) is 14.4 Å². The van der Waals surface area contributed by atoms with Crippen molar-refractivity contribution in [3.8, 4) is 0 Å². The highest BCUT2D eigenvalue weighted by molar-refractivity contribution is 5.78. The Morgan fingerprint density at radius 3 is 2.53 bits per heavy atom. The Morgan fingerprint density at radius 2 is 1.79 bits per heavy atom. The summed E-state index contributed by atoms with van der Waals surface area (Å²) in [7, 11) is 0. The second-order valence-electron chi connectivity index (χ2n) is 12.6. The first-order valence-corrected chi connectivity index (χ1v) is 14.6. The fraction of sp³-hybridized carbons (Fsp3) is 0.656. The molecule has 5 rings (SSSR count). The molecule has 0 amide bonds. The van der Waals surface area contributed by atoms with Gasteiger partial charge in [0.05, 0.1) is 0 Å². The van der Waals surface area contributed by atoms with Crippen LogP contribution in [-0.2, 0) is 14.3 Å². The molecular weight excluding hydrogens is 480 g/mol. The number of carbonyl (C=O) groups is 2. The Morgan fingerprint density at radius 1 is 1.00 bits per heavy atom. The van der Waals surface area contributed by atoms with Gasteiger partial charge in [-0.1, -0.05) is 44.4 Å². The minimum Gasteiger partial charge on any atom is -0.481 e. The number of ether oxygens (including phenoxy) is 1. The molecule has 38 heavy (non-hydrogen) atoms. The molecule has 206 valence electrons. The second-order valence-corrected chi connectivity index (χ2v) is 12.6. The van der Waals surface area contributed by atoms with E-state index in [1.165, 1.54) is 30.9 Å². The third kappa shape index (κ3) is 5.15. The summed E-state index contributed by atoms with van der Waals surface area (Å²) in [4.78, 5) is 34.6. The molecule has 0 bridgehead atoms. The highest BCUT2D eigenvalue weighted by atomic mass is 16.5. The Hall–Kier alpha value is -2.63. The monoisotopic (exact) mass is 522 g/mol. The number of rotatable bonds is 9. The molecule has 4 aliphatic carbocycles. The molecule has 4 aliphatic rings. The smallest absolute Gasteiger partial charge is 0.335 e. The molecular formula is C32H42O6. The lowest BCUT2D eigenvalue weighted by Gasteiger charge is -2.59. The highest BCUT2D eigenvalue weighted by Gasteiger charge is 2.56. The zero-order valence-corrected chi connectivity index (χ0v) is 22.9. The number of hydrogen-bond acceptors (Lipinski definition) is 5. The van der Waals surface area contributed by atoms with Gasteiger partial charge in [-0.05, 0) is 92.6 Å². The maximum absolute atomic E-state index is 12.5. The van der Waals surface area contributed by atoms with Crippen molar-refractivity contribution < 1.29 is 23.8 Å². The average Bonchev–Trinajstić information content (AvgIpc) is 3.24. The first-order valence-electron chi connectivity index (χ1n) is 14.6. The highest BCUT2D eigenvalue weighted by Crippen LogP contribution is 2.66. The standard InChI is InChI=1S/C32H42O6/c1-31-17-15-23(38-30(36)8-6-4-3-5-7-28(33)34)19-22(31)10-11-24-26-13-12-25(21-9-14-29(35)37-20-21)32(26,2)18-16-27(24)31/h9,12-14,20,22-24,27H,3-8,10-11,15-19H2,1-2H3,(H,33,34)/t22-,23+,24+,27+,31+,32-/m1/s1. The van der Waals surface area contributed by atoms with Gasteiger partial charge in [0, 0.05) is 29.9 Å². The van der Waals surface area contributed by atoms with E-state index in [4.69, 9.17) is 14.3 Å². The van der Waals surface area contributed by atoms with Gasteiger partial charge in [0.2, 0.25) is 0 Å². The van der Waals surface area contributed by atoms with Crippen LogP contribution in [-0.4, -0.2) is 23.1 Å². The normalized spacial score (nSPS) is 33.8. The Kier molecular flexibility index (Phi) is 7.70. The number of aliphatic carboxylic acids is 1. The molecule has 0 saturated heterocycles. The SMILES string of the molecule is C[C@]12CC[C@H]3[C@@H](CC[C@@H]4C[C@@H](OC(=O)CCCCCCC(=O)O)CC[C@@]43C)C1=CC=C2c1ccc(=O)oc1. The molecule has 6 atom stereocenters. The summed E-state index contributed by atoms with van der Waals surface area (Å²) >= 11 is 0. The van der Waals surface area contributed by atoms with Gasteiger partial charge >= 0.3 is 17.6 Å². The molecule has 1 aromatic heterocycles. The minimum atomic E-state index is -0.755. The summed E-state index contributed by atoms with van der Waals surface area (Å²) in [6.07, 6.45) is 17.8. The number of fused-ring (bicyclic) bond motifs is 5. The van der Waals surface area contributed by atoms with E-state index in [-0.39, 0.29) is 34.9 Å². The van der Waals surface area contributed by atoms with E-state index in [2.05, 4.69) is 26.0 Å². The zero-order chi connectivity index (χ0) is 26.9. The predicted molar refractivity (Wildman–Crippen MR) is 145 cm³/mol. The van der Waals surface area contributed by atoms with Gasteiger partial charge in [0.25, 0.3) is 0 Å². The second kappa shape index (κ2) is 10.9. The number of carboxylic acid groups (broad SMARTS) is 1. The van der Waals surface area contributed by atoms with Crippen LogP contribution in [0.4, 0.5) is 0 Å². The summed E-state index contributed by atoms with van der Waals surface area (Å²) < 4.78 is 11.1. The Balaban J connectivity index is 1.16. The number of hydrogen-bond donors (Lipinski definition) is 1. The van der Waals surface area contributed by atoms with Crippen LogP contribution in [0.15, 0.2) is 45.3 Å². The molecule has 1 N–H and O–H groups in total. The van der Waals surface area contributed by atoms with Crippen LogP contribution >= 0.6 is 0 Å². The summed E-state index contributed by atoms with van der Waals surface area (Å²) in [5, 5.41) is 8.73. The van der Waals surface area contributed by atoms with Crippen LogP contribution in [0.3, 0.4) is 0 Å². The van der Waals surface area contributed by atoms with Crippen LogP contribution in [0, 0.1) is 28.6 Å². The number of allylic oxidation sites excluding steroid dienone is 4. The van der Waals surface area contributed by atoms with Crippen molar-refractivity contribution in [1.29, 1.82) is 0 Å². The maximum atomic E-state index is 12.5. The molecule has 6 heteroatoms. The van der Waals surface area contributed by atoms with Gasteiger partial charge < -0.3 is 14.3 Å². The van der Waals surface area contributed by atoms with Crippen LogP contribution in [0.1, 0.15) is 103 Å². The zero-order valence-electron chi connectivity index (χ0n) is 22.9. The molecule has 3 fully saturated rings. The van der Waals surface area contributed by atoms with Gasteiger partial charge in [-0.15, -0.1) is 0 Å². The van der Waals surface area contributed by atoms with Gasteiger partial charge in [-0.3, -0.25) is 9.59 Å². The van der Waals surface area contributed by atoms with Crippen molar-refractivity contribution in [2.75, 3.05) is 0 Å². The third-order valence-electron chi connectivity index (χ3n) is 10.5. The van der Waals surface area contributed by atoms with Crippen molar-refractivity contribution in [2.24, 2.45) is 28.6 Å². The first kappa shape index (κ1) is 27.0. The van der Waals surface area contributed by atoms with E-state index in [1.54, 1.807) is 11.8 Å². The van der Waals surface area contributed by atoms with Crippen molar-refractivity contribution in [3.05, 3.63) is 52.1 Å². The van der Waals surface area contributed by atoms with E-state index in [0.29, 0.717) is 30.6 Å². The molecule has 1 aromatic rings. The number of carboxylic acids is 1. The van der Waals surface area contributed by atoms with Gasteiger partial charge in [-0.25, -0.2) is 4.79 Å². The van der Waals surface area contributed by atoms with Crippen LogP contribution in [0.5, 0.6) is 0 Å². The van der Waals surface area contributed by atoms with Gasteiger partial charge in [0.1, 0.15) is 12.4 Å². The summed E-state index contributed by atoms with van der Waals surface area (Å²) in [6.45, 7) is 4.87. The maximum Gasteiger partial charge on any atom is 0.335 e. The topological polar surface area (TPSA) is 93.8 Å². The molecule has 3 saturated carbocycles. The molecule has 6 nitrogen and oxygen atoms in total. The van der Waals surface area contributed by atoms with Crippen molar-refractivity contribution in [2.45, 2.75) is 103 Å². The van der Waals surface area contributed by atoms with E-state index < -0.39 is 5.97 Å². The van der Waals surface area contributed by atoms with Crippen molar-refractivity contribution in [3.63, 3.8) is 0 Å². The van der Waals surface area contributed by atoms with Gasteiger partial charge in [0.15, 0.2) is 0 Å². The average molecular weight is 523 g/mol. The van der Waals surface area contributed by atoms with E-state index in [1.807, 2.05) is 6.07 Å². The number of unbranched alkanes of at least 4 members (excludes halogenated alkanes) is 3. The number of esters is 1. The van der Waals surface area contributed by atoms with E-state index in [0.717, 1.165) is 50.5 Å². The van der Waals surface area contributed by atoms with E-state index >= 15 is 0 Å². The molecule has 0 radical (unpaired) electrons. The first-order chi connectivity index (χ1) is 18.2. The Labute approximate surface area is 225 Å². The van der Waals surface area contributed by atoms with Crippen LogP contribution in [0.25, 0.3) is 5.57 Å². The minimum absolute atomic E-state index is 0.00460. The van der Waals surface area contributed by atoms with Crippen LogP contribution in [0.2, 0.25) is 0 Å². The van der Waals surface area contributed by atoms with Gasteiger partial charge in [-0.2, -0.15) is 0 Å². The van der Waals surface area contributed by atoms with Crippen molar-refractivity contribution in [1.82, 2.24) is 0 Å². The summed E-state index contributed by atoms with van der Waals surface area (Å²) in [5.41, 5.74) is 3.82. The Bertz CT molecular complexity index is 1160. The van der Waals surface area contributed by atoms with Crippen molar-refractivity contribution >= 4 is 17.5 Å². The third-order valence-corrected chi connectivity index (χ3v) is 10.5. The lowest BCUT2D eigenvalue weighted by Crippen LogP contribution is -2.51. The molecule has 0 aliphatic heterocycles. The largest absolute Gasteiger partial charge is 0.481 e. The fourth-order valence-corrected chi connectivity index (χ4v) is 8.39. The molecule has 0 aromatic carbocycles. The predicted octanol–water partition coefficient (Wildman–Crippen LogP) is 6.93. The molecule has 0 unspecified atom stereocenters. The number of carbonyl (C=O) groups excluding carboxylic acids is 1. The summed E-state index contributed by atoms with van der Waals surface area (Å²) in [5.74, 6) is 0.984. The fourth-order valence-electron chi connectivity index (χ4n) is 8.39. The van der Waals surface area contributed by atoms with Crippen LogP contribution < -0.4 is 5.63 Å². The lowest BCUT2D eigenvalue weighted by molar-refractivity contribution is -0.157. The lowest BCUT2D eigenvalue weighted by atomic mass is 9.46. The molecule has 1 heterocycles. The molecule has 0 spiro atoms. The summed E-state index contributed by atoms with van der Waals surface area (Å²) in [6, 6.07) is 3.41.